The minimum absolute atomic E-state index is 0.107. The zero-order valence-electron chi connectivity index (χ0n) is 11.2. The number of hydrogen-bond acceptors (Lipinski definition) is 3. The van der Waals surface area contributed by atoms with Crippen molar-refractivity contribution in [3.05, 3.63) is 23.2 Å². The summed E-state index contributed by atoms with van der Waals surface area (Å²) in [7, 11) is 0. The molecule has 3 aliphatic rings. The molecule has 6 atom stereocenters. The van der Waals surface area contributed by atoms with Crippen molar-refractivity contribution in [1.29, 1.82) is 0 Å². The minimum Gasteiger partial charge on any atom is -0.506 e. The number of anilines is 1. The number of rotatable bonds is 1. The van der Waals surface area contributed by atoms with Crippen LogP contribution in [-0.4, -0.2) is 26.6 Å². The predicted molar refractivity (Wildman–Crippen MR) is 89.6 cm³/mol. The predicted octanol–water partition coefficient (Wildman–Crippen LogP) is 3.33. The maximum absolute atomic E-state index is 12.8. The minimum atomic E-state index is -0.297. The van der Waals surface area contributed by atoms with Crippen LogP contribution in [0.25, 0.3) is 0 Å². The van der Waals surface area contributed by atoms with Crippen molar-refractivity contribution in [2.45, 2.75) is 16.1 Å². The maximum Gasteiger partial charge on any atom is 0.238 e. The highest BCUT2D eigenvalue weighted by molar-refractivity contribution is 9.12. The van der Waals surface area contributed by atoms with E-state index in [2.05, 4.69) is 31.9 Å². The molecule has 2 amide bonds. The lowest BCUT2D eigenvalue weighted by molar-refractivity contribution is -0.123. The van der Waals surface area contributed by atoms with Gasteiger partial charge in [0.15, 0.2) is 0 Å². The Morgan fingerprint density at radius 1 is 1.09 bits per heavy atom. The number of halogens is 3. The molecule has 22 heavy (non-hydrogen) atoms. The second kappa shape index (κ2) is 4.95. The smallest absolute Gasteiger partial charge is 0.238 e. The molecule has 1 saturated heterocycles. The molecule has 1 aromatic carbocycles. The largest absolute Gasteiger partial charge is 0.506 e. The first-order valence-electron chi connectivity index (χ1n) is 7.06. The summed E-state index contributed by atoms with van der Waals surface area (Å²) in [6.07, 6.45) is 0.883. The van der Waals surface area contributed by atoms with E-state index in [0.717, 1.165) is 11.3 Å². The molecule has 116 valence electrons. The first-order chi connectivity index (χ1) is 10.4. The average molecular weight is 450 g/mol. The molecular formula is C15H12Br2ClNO3. The van der Waals surface area contributed by atoms with Crippen LogP contribution in [0.1, 0.15) is 6.42 Å². The molecule has 0 unspecified atom stereocenters. The standard InChI is InChI=1S/C15H12Br2ClNO3/c16-12-6-4-7(13(12)17)11-10(6)14(21)19(15(11)22)8-3-5(18)1-2-9(8)20/h1-3,6-7,10-13,20H,4H2/t6-,7-,10-,11+,12-,13+/m0/s1. The highest BCUT2D eigenvalue weighted by Crippen LogP contribution is 2.60. The number of benzene rings is 1. The number of carbonyl (C=O) groups excluding carboxylic acids is 2. The Bertz CT molecular complexity index is 665. The van der Waals surface area contributed by atoms with Crippen LogP contribution < -0.4 is 4.90 Å². The highest BCUT2D eigenvalue weighted by atomic mass is 79.9. The van der Waals surface area contributed by atoms with E-state index in [-0.39, 0.29) is 56.6 Å². The molecule has 1 heterocycles. The topological polar surface area (TPSA) is 57.6 Å². The lowest BCUT2D eigenvalue weighted by Crippen LogP contribution is -2.37. The quantitative estimate of drug-likeness (QED) is 0.529. The zero-order chi connectivity index (χ0) is 15.8. The summed E-state index contributed by atoms with van der Waals surface area (Å²) >= 11 is 13.2. The van der Waals surface area contributed by atoms with Gasteiger partial charge >= 0.3 is 0 Å². The first kappa shape index (κ1) is 15.0. The molecule has 0 radical (unpaired) electrons. The number of phenols is 1. The van der Waals surface area contributed by atoms with Gasteiger partial charge in [-0.05, 0) is 36.5 Å². The summed E-state index contributed by atoms with van der Waals surface area (Å²) in [5, 5.41) is 10.4. The van der Waals surface area contributed by atoms with E-state index in [1.54, 1.807) is 0 Å². The van der Waals surface area contributed by atoms with E-state index in [4.69, 9.17) is 11.6 Å². The van der Waals surface area contributed by atoms with Crippen LogP contribution in [-0.2, 0) is 9.59 Å². The van der Waals surface area contributed by atoms with Gasteiger partial charge in [-0.1, -0.05) is 43.5 Å². The van der Waals surface area contributed by atoms with Crippen LogP contribution in [0.15, 0.2) is 18.2 Å². The summed E-state index contributed by atoms with van der Waals surface area (Å²) in [6, 6.07) is 4.40. The number of aromatic hydroxyl groups is 1. The van der Waals surface area contributed by atoms with Crippen molar-refractivity contribution in [1.82, 2.24) is 0 Å². The van der Waals surface area contributed by atoms with Crippen molar-refractivity contribution >= 4 is 61.0 Å². The monoisotopic (exact) mass is 447 g/mol. The molecule has 3 fully saturated rings. The van der Waals surface area contributed by atoms with Crippen molar-refractivity contribution in [2.75, 3.05) is 4.90 Å². The van der Waals surface area contributed by atoms with Gasteiger partial charge in [-0.3, -0.25) is 9.59 Å². The van der Waals surface area contributed by atoms with E-state index in [9.17, 15) is 14.7 Å². The second-order valence-electron chi connectivity index (χ2n) is 6.15. The number of fused-ring (bicyclic) bond motifs is 5. The summed E-state index contributed by atoms with van der Waals surface area (Å²) < 4.78 is 0. The number of nitrogens with zero attached hydrogens (tertiary/aromatic N) is 1. The van der Waals surface area contributed by atoms with Crippen LogP contribution >= 0.6 is 43.5 Å². The van der Waals surface area contributed by atoms with Gasteiger partial charge in [0.25, 0.3) is 0 Å². The van der Waals surface area contributed by atoms with Crippen LogP contribution in [0.3, 0.4) is 0 Å². The number of carbonyl (C=O) groups is 2. The van der Waals surface area contributed by atoms with Crippen molar-refractivity contribution in [3.8, 4) is 5.75 Å². The number of phenolic OH excluding ortho intramolecular Hbond substituents is 1. The Balaban J connectivity index is 1.77. The highest BCUT2D eigenvalue weighted by Gasteiger charge is 2.66. The summed E-state index contributed by atoms with van der Waals surface area (Å²) in [6.45, 7) is 0. The first-order valence-corrected chi connectivity index (χ1v) is 9.27. The third kappa shape index (κ3) is 1.80. The zero-order valence-corrected chi connectivity index (χ0v) is 15.2. The van der Waals surface area contributed by atoms with Gasteiger partial charge in [-0.2, -0.15) is 0 Å². The molecule has 1 aromatic rings. The fourth-order valence-electron chi connectivity index (χ4n) is 4.26. The molecule has 2 saturated carbocycles. The van der Waals surface area contributed by atoms with E-state index in [1.165, 1.54) is 18.2 Å². The molecule has 4 rings (SSSR count). The van der Waals surface area contributed by atoms with Crippen molar-refractivity contribution in [2.24, 2.45) is 23.7 Å². The number of amides is 2. The van der Waals surface area contributed by atoms with E-state index in [1.807, 2.05) is 0 Å². The second-order valence-corrected chi connectivity index (χ2v) is 8.70. The molecule has 0 spiro atoms. The average Bonchev–Trinajstić information content (AvgIpc) is 3.07. The number of imide groups is 1. The van der Waals surface area contributed by atoms with Crippen LogP contribution in [0.5, 0.6) is 5.75 Å². The molecular weight excluding hydrogens is 437 g/mol. The lowest BCUT2D eigenvalue weighted by atomic mass is 9.81. The van der Waals surface area contributed by atoms with Gasteiger partial charge in [-0.15, -0.1) is 0 Å². The SMILES string of the molecule is O=C1[C@@H]2[C@@H]3C[C@H]([C@H](Br)[C@@H]3Br)[C@@H]2C(=O)N1c1cc(Cl)ccc1O. The Morgan fingerprint density at radius 2 is 1.64 bits per heavy atom. The molecule has 2 bridgehead atoms. The molecule has 1 aliphatic heterocycles. The van der Waals surface area contributed by atoms with Gasteiger partial charge in [0.2, 0.25) is 11.8 Å². The van der Waals surface area contributed by atoms with Gasteiger partial charge in [0, 0.05) is 14.7 Å². The van der Waals surface area contributed by atoms with Crippen LogP contribution in [0.2, 0.25) is 5.02 Å². The lowest BCUT2D eigenvalue weighted by Gasteiger charge is -2.28. The molecule has 0 aromatic heterocycles. The normalized spacial score (nSPS) is 39.7. The Kier molecular flexibility index (Phi) is 3.37. The molecule has 4 nitrogen and oxygen atoms in total. The van der Waals surface area contributed by atoms with Crippen molar-refractivity contribution < 1.29 is 14.7 Å². The third-order valence-corrected chi connectivity index (χ3v) is 8.61. The molecule has 7 heteroatoms. The molecule has 2 aliphatic carbocycles. The number of hydrogen-bond donors (Lipinski definition) is 1. The summed E-state index contributed by atoms with van der Waals surface area (Å²) in [4.78, 5) is 27.2. The van der Waals surface area contributed by atoms with E-state index >= 15 is 0 Å². The Labute approximate surface area is 149 Å². The summed E-state index contributed by atoms with van der Waals surface area (Å²) in [5.41, 5.74) is 0.188. The van der Waals surface area contributed by atoms with Gasteiger partial charge in [0.05, 0.1) is 17.5 Å². The number of alkyl halides is 2. The van der Waals surface area contributed by atoms with E-state index < -0.39 is 0 Å². The fourth-order valence-corrected chi connectivity index (χ4v) is 6.30. The van der Waals surface area contributed by atoms with E-state index in [0.29, 0.717) is 5.02 Å². The van der Waals surface area contributed by atoms with Gasteiger partial charge < -0.3 is 5.11 Å². The van der Waals surface area contributed by atoms with Gasteiger partial charge in [-0.25, -0.2) is 4.90 Å². The van der Waals surface area contributed by atoms with Crippen LogP contribution in [0.4, 0.5) is 5.69 Å². The Morgan fingerprint density at radius 3 is 2.18 bits per heavy atom. The van der Waals surface area contributed by atoms with Crippen molar-refractivity contribution in [3.63, 3.8) is 0 Å². The van der Waals surface area contributed by atoms with Crippen LogP contribution in [0, 0.1) is 23.7 Å². The van der Waals surface area contributed by atoms with Gasteiger partial charge in [0.1, 0.15) is 5.75 Å². The maximum atomic E-state index is 12.8. The Hall–Kier alpha value is -0.590. The third-order valence-electron chi connectivity index (χ3n) is 5.17. The molecule has 1 N–H and O–H groups in total. The summed E-state index contributed by atoms with van der Waals surface area (Å²) in [5.74, 6) is -0.829. The fraction of sp³-hybridized carbons (Fsp3) is 0.467.